The Balaban J connectivity index is 1.71. The van der Waals surface area contributed by atoms with Crippen molar-refractivity contribution in [1.82, 2.24) is 5.32 Å². The number of ether oxygens (including phenoxy) is 4. The summed E-state index contributed by atoms with van der Waals surface area (Å²) in [7, 11) is 0. The normalized spacial score (nSPS) is 23.9. The zero-order valence-corrected chi connectivity index (χ0v) is 53.4. The van der Waals surface area contributed by atoms with Crippen molar-refractivity contribution in [3.63, 3.8) is 0 Å². The highest BCUT2D eigenvalue weighted by Crippen LogP contribution is 2.30. The quantitative estimate of drug-likeness (QED) is 0.0204. The van der Waals surface area contributed by atoms with Gasteiger partial charge in [0.05, 0.1) is 32.0 Å². The number of nitrogens with one attached hydrogen (secondary N) is 1. The lowest BCUT2D eigenvalue weighted by Gasteiger charge is -2.46. The second kappa shape index (κ2) is 55.1. The molecule has 0 aliphatic carbocycles. The van der Waals surface area contributed by atoms with Gasteiger partial charge < -0.3 is 65.1 Å². The summed E-state index contributed by atoms with van der Waals surface area (Å²) in [6, 6.07) is -0.939. The van der Waals surface area contributed by atoms with E-state index in [4.69, 9.17) is 18.9 Å². The summed E-state index contributed by atoms with van der Waals surface area (Å²) in [5, 5.41) is 87.4. The first-order chi connectivity index (χ1) is 41.1. The highest BCUT2D eigenvalue weighted by atomic mass is 16.7. The number of allylic oxidation sites excluding steroid dienone is 7. The molecule has 9 N–H and O–H groups in total. The lowest BCUT2D eigenvalue weighted by molar-refractivity contribution is -0.359. The summed E-state index contributed by atoms with van der Waals surface area (Å²) in [5.41, 5.74) is 0. The Kier molecular flexibility index (Phi) is 51.1. The predicted molar refractivity (Wildman–Crippen MR) is 341 cm³/mol. The van der Waals surface area contributed by atoms with Crippen LogP contribution in [0.1, 0.15) is 296 Å². The molecule has 84 heavy (non-hydrogen) atoms. The molecule has 2 heterocycles. The lowest BCUT2D eigenvalue weighted by atomic mass is 9.97. The first-order valence-corrected chi connectivity index (χ1v) is 34.9. The number of rotatable bonds is 57. The van der Waals surface area contributed by atoms with Gasteiger partial charge in [0.1, 0.15) is 48.8 Å². The number of hydrogen-bond donors (Lipinski definition) is 9. The Bertz CT molecular complexity index is 1590. The third kappa shape index (κ3) is 39.1. The van der Waals surface area contributed by atoms with Gasteiger partial charge in [-0.1, -0.05) is 268 Å². The third-order valence-corrected chi connectivity index (χ3v) is 17.0. The number of unbranched alkanes of at least 4 members (excludes halogenated alkanes) is 38. The average Bonchev–Trinajstić information content (AvgIpc) is 3.62. The van der Waals surface area contributed by atoms with E-state index in [1.165, 1.54) is 218 Å². The molecule has 1 amide bonds. The molecule has 0 radical (unpaired) electrons. The van der Waals surface area contributed by atoms with Gasteiger partial charge in [-0.05, 0) is 70.6 Å². The van der Waals surface area contributed by atoms with Crippen molar-refractivity contribution in [2.45, 2.75) is 370 Å². The molecule has 0 aromatic heterocycles. The predicted octanol–water partition coefficient (Wildman–Crippen LogP) is 13.9. The van der Waals surface area contributed by atoms with E-state index in [0.29, 0.717) is 12.8 Å². The maximum absolute atomic E-state index is 13.3. The number of aliphatic hydroxyl groups is 8. The standard InChI is InChI=1S/C70H129NO13/c1-3-5-7-9-11-13-15-17-19-21-23-25-27-28-29-30-32-34-36-38-40-42-44-46-48-50-52-54-62(75)71-58(57-81-69-67(80)65(78)68(61(56-73)83-69)84-70-66(79)64(77)63(76)60(55-72)82-70)59(74)53-51-49-47-45-43-41-39-37-35-33-31-26-24-22-20-18-16-14-12-10-8-6-4-2/h21,23,35,37,43,45,51,53,58-61,63-70,72-74,76-80H,3-20,22,24-34,36,38-42,44,46-50,52,54-57H2,1-2H3,(H,71,75)/b23-21-,37-35+,45-43+,53-51+. The van der Waals surface area contributed by atoms with E-state index in [1.54, 1.807) is 6.08 Å². The number of amides is 1. The largest absolute Gasteiger partial charge is 0.394 e. The third-order valence-electron chi connectivity index (χ3n) is 17.0. The van der Waals surface area contributed by atoms with Crippen molar-refractivity contribution in [1.29, 1.82) is 0 Å². The molecule has 0 aromatic rings. The molecule has 2 rings (SSSR count). The molecule has 0 aromatic carbocycles. The summed E-state index contributed by atoms with van der Waals surface area (Å²) in [6.07, 6.45) is 54.5. The summed E-state index contributed by atoms with van der Waals surface area (Å²) in [6.45, 7) is 2.81. The van der Waals surface area contributed by atoms with Gasteiger partial charge in [0.15, 0.2) is 12.6 Å². The maximum atomic E-state index is 13.3. The number of carbonyl (C=O) groups excluding carboxylic acids is 1. The molecule has 2 aliphatic rings. The molecule has 0 bridgehead atoms. The van der Waals surface area contributed by atoms with Crippen LogP contribution in [0.15, 0.2) is 48.6 Å². The monoisotopic (exact) mass is 1190 g/mol. The van der Waals surface area contributed by atoms with Crippen LogP contribution in [0.4, 0.5) is 0 Å². The molecule has 492 valence electrons. The minimum absolute atomic E-state index is 0.250. The van der Waals surface area contributed by atoms with E-state index in [-0.39, 0.29) is 18.9 Å². The van der Waals surface area contributed by atoms with E-state index in [1.807, 2.05) is 6.08 Å². The van der Waals surface area contributed by atoms with Crippen LogP contribution >= 0.6 is 0 Å². The molecule has 12 atom stereocenters. The van der Waals surface area contributed by atoms with Crippen LogP contribution in [0.2, 0.25) is 0 Å². The van der Waals surface area contributed by atoms with Gasteiger partial charge in [0.2, 0.25) is 5.91 Å². The van der Waals surface area contributed by atoms with Crippen molar-refractivity contribution >= 4 is 5.91 Å². The Morgan fingerprint density at radius 2 is 0.762 bits per heavy atom. The van der Waals surface area contributed by atoms with Crippen LogP contribution in [0.25, 0.3) is 0 Å². The van der Waals surface area contributed by atoms with Gasteiger partial charge in [0.25, 0.3) is 0 Å². The summed E-state index contributed by atoms with van der Waals surface area (Å²) in [4.78, 5) is 13.3. The molecule has 12 unspecified atom stereocenters. The van der Waals surface area contributed by atoms with Crippen LogP contribution in [0.5, 0.6) is 0 Å². The molecule has 0 saturated carbocycles. The zero-order chi connectivity index (χ0) is 60.9. The molecule has 2 fully saturated rings. The van der Waals surface area contributed by atoms with Gasteiger partial charge in [-0.15, -0.1) is 0 Å². The van der Waals surface area contributed by atoms with Gasteiger partial charge in [0, 0.05) is 6.42 Å². The number of carbonyl (C=O) groups is 1. The van der Waals surface area contributed by atoms with Crippen LogP contribution in [0, 0.1) is 0 Å². The maximum Gasteiger partial charge on any atom is 0.220 e. The molecule has 14 heteroatoms. The van der Waals surface area contributed by atoms with Crippen LogP contribution < -0.4 is 5.32 Å². The Morgan fingerprint density at radius 1 is 0.417 bits per heavy atom. The summed E-state index contributed by atoms with van der Waals surface area (Å²) in [5.74, 6) is -0.250. The smallest absolute Gasteiger partial charge is 0.220 e. The Morgan fingerprint density at radius 3 is 1.17 bits per heavy atom. The summed E-state index contributed by atoms with van der Waals surface area (Å²) >= 11 is 0. The molecule has 0 spiro atoms. The van der Waals surface area contributed by atoms with Crippen molar-refractivity contribution in [3.05, 3.63) is 48.6 Å². The molecular weight excluding hydrogens is 1060 g/mol. The topological polar surface area (TPSA) is 228 Å². The Hall–Kier alpha value is -2.05. The number of hydrogen-bond acceptors (Lipinski definition) is 13. The minimum Gasteiger partial charge on any atom is -0.394 e. The molecule has 2 aliphatic heterocycles. The van der Waals surface area contributed by atoms with Crippen molar-refractivity contribution in [2.75, 3.05) is 19.8 Å². The van der Waals surface area contributed by atoms with Gasteiger partial charge in [-0.3, -0.25) is 4.79 Å². The fourth-order valence-electron chi connectivity index (χ4n) is 11.4. The zero-order valence-electron chi connectivity index (χ0n) is 53.4. The van der Waals surface area contributed by atoms with Crippen molar-refractivity contribution in [2.24, 2.45) is 0 Å². The Labute approximate surface area is 512 Å². The van der Waals surface area contributed by atoms with Crippen LogP contribution in [0.3, 0.4) is 0 Å². The van der Waals surface area contributed by atoms with Crippen LogP contribution in [-0.2, 0) is 23.7 Å². The average molecular weight is 1190 g/mol. The first kappa shape index (κ1) is 78.0. The highest BCUT2D eigenvalue weighted by Gasteiger charge is 2.51. The van der Waals surface area contributed by atoms with Gasteiger partial charge in [-0.25, -0.2) is 0 Å². The molecular formula is C70H129NO13. The fourth-order valence-corrected chi connectivity index (χ4v) is 11.4. The van der Waals surface area contributed by atoms with Crippen molar-refractivity contribution in [3.8, 4) is 0 Å². The second-order valence-corrected chi connectivity index (χ2v) is 24.6. The van der Waals surface area contributed by atoms with Gasteiger partial charge in [-0.2, -0.15) is 0 Å². The molecule has 14 nitrogen and oxygen atoms in total. The molecule has 2 saturated heterocycles. The fraction of sp³-hybridized carbons (Fsp3) is 0.871. The van der Waals surface area contributed by atoms with E-state index in [0.717, 1.165) is 44.9 Å². The number of aliphatic hydroxyl groups excluding tert-OH is 8. The van der Waals surface area contributed by atoms with E-state index >= 15 is 0 Å². The summed E-state index contributed by atoms with van der Waals surface area (Å²) < 4.78 is 22.8. The van der Waals surface area contributed by atoms with E-state index in [2.05, 4.69) is 55.6 Å². The minimum atomic E-state index is -1.79. The van der Waals surface area contributed by atoms with Crippen LogP contribution in [-0.4, -0.2) is 140 Å². The highest BCUT2D eigenvalue weighted by molar-refractivity contribution is 5.76. The van der Waals surface area contributed by atoms with Gasteiger partial charge >= 0.3 is 0 Å². The second-order valence-electron chi connectivity index (χ2n) is 24.6. The van der Waals surface area contributed by atoms with Crippen molar-refractivity contribution < 1.29 is 64.6 Å². The SMILES string of the molecule is CCCCCCCCCC/C=C\CCCCCCCCCCCCCCCCCC(=O)NC(COC1OC(CO)C(OC2OC(CO)C(O)C(O)C2O)C(O)C1O)C(O)/C=C/CC/C=C/CC/C=C/CCCCCCCCCCCCCCC. The van der Waals surface area contributed by atoms with E-state index in [9.17, 15) is 45.6 Å². The van der Waals surface area contributed by atoms with E-state index < -0.39 is 86.8 Å². The first-order valence-electron chi connectivity index (χ1n) is 34.9. The lowest BCUT2D eigenvalue weighted by Crippen LogP contribution is -2.65.